The molecular formula is C18H30IN3O2. The third-order valence-corrected chi connectivity index (χ3v) is 4.12. The first-order chi connectivity index (χ1) is 11.3. The van der Waals surface area contributed by atoms with Crippen LogP contribution in [0.3, 0.4) is 0 Å². The van der Waals surface area contributed by atoms with Gasteiger partial charge in [-0.15, -0.1) is 24.0 Å². The smallest absolute Gasteiger partial charge is 0.193 e. The van der Waals surface area contributed by atoms with E-state index in [4.69, 9.17) is 9.47 Å². The molecule has 1 N–H and O–H groups in total. The van der Waals surface area contributed by atoms with E-state index in [9.17, 15) is 0 Å². The molecule has 0 saturated carbocycles. The van der Waals surface area contributed by atoms with Gasteiger partial charge >= 0.3 is 0 Å². The topological polar surface area (TPSA) is 46.1 Å². The van der Waals surface area contributed by atoms with Crippen molar-refractivity contribution in [1.82, 2.24) is 10.2 Å². The SMILES string of the molecule is CN=C(NCCc1ccccc1)N1CCC(COCCOC)C1.I. The van der Waals surface area contributed by atoms with Gasteiger partial charge in [-0.1, -0.05) is 30.3 Å². The summed E-state index contributed by atoms with van der Waals surface area (Å²) in [7, 11) is 3.55. The number of guanidine groups is 1. The Morgan fingerprint density at radius 1 is 1.29 bits per heavy atom. The summed E-state index contributed by atoms with van der Waals surface area (Å²) in [6.07, 6.45) is 2.17. The van der Waals surface area contributed by atoms with Crippen molar-refractivity contribution in [3.63, 3.8) is 0 Å². The third kappa shape index (κ3) is 7.36. The number of nitrogens with one attached hydrogen (secondary N) is 1. The molecule has 1 unspecified atom stereocenters. The fraction of sp³-hybridized carbons (Fsp3) is 0.611. The van der Waals surface area contributed by atoms with Crippen molar-refractivity contribution >= 4 is 29.9 Å². The van der Waals surface area contributed by atoms with E-state index in [1.54, 1.807) is 7.11 Å². The van der Waals surface area contributed by atoms with Crippen LogP contribution in [0.2, 0.25) is 0 Å². The molecule has 1 aromatic carbocycles. The zero-order valence-corrected chi connectivity index (χ0v) is 17.1. The average molecular weight is 447 g/mol. The number of nitrogens with zero attached hydrogens (tertiary/aromatic N) is 2. The maximum absolute atomic E-state index is 5.65. The summed E-state index contributed by atoms with van der Waals surface area (Å²) in [5.41, 5.74) is 1.35. The average Bonchev–Trinajstić information content (AvgIpc) is 3.05. The van der Waals surface area contributed by atoms with Gasteiger partial charge in [0.05, 0.1) is 19.8 Å². The number of halogens is 1. The molecule has 136 valence electrons. The van der Waals surface area contributed by atoms with Crippen LogP contribution in [0.25, 0.3) is 0 Å². The van der Waals surface area contributed by atoms with E-state index in [1.165, 1.54) is 5.56 Å². The van der Waals surface area contributed by atoms with Crippen LogP contribution in [-0.4, -0.2) is 64.5 Å². The lowest BCUT2D eigenvalue weighted by Crippen LogP contribution is -2.41. The highest BCUT2D eigenvalue weighted by Gasteiger charge is 2.24. The fourth-order valence-electron chi connectivity index (χ4n) is 2.85. The summed E-state index contributed by atoms with van der Waals surface area (Å²) in [4.78, 5) is 6.74. The van der Waals surface area contributed by atoms with Gasteiger partial charge in [0.25, 0.3) is 0 Å². The van der Waals surface area contributed by atoms with Crippen molar-refractivity contribution in [3.8, 4) is 0 Å². The number of ether oxygens (including phenoxy) is 2. The third-order valence-electron chi connectivity index (χ3n) is 4.12. The van der Waals surface area contributed by atoms with E-state index in [0.717, 1.165) is 45.0 Å². The Morgan fingerprint density at radius 2 is 2.08 bits per heavy atom. The number of hydrogen-bond acceptors (Lipinski definition) is 3. The Kier molecular flexibility index (Phi) is 11.0. The van der Waals surface area contributed by atoms with Crippen molar-refractivity contribution < 1.29 is 9.47 Å². The van der Waals surface area contributed by atoms with E-state index in [-0.39, 0.29) is 24.0 Å². The van der Waals surface area contributed by atoms with Gasteiger partial charge in [0.2, 0.25) is 0 Å². The van der Waals surface area contributed by atoms with Crippen molar-refractivity contribution in [1.29, 1.82) is 0 Å². The van der Waals surface area contributed by atoms with E-state index in [2.05, 4.69) is 45.5 Å². The van der Waals surface area contributed by atoms with Crippen LogP contribution >= 0.6 is 24.0 Å². The molecule has 1 fully saturated rings. The Morgan fingerprint density at radius 3 is 2.79 bits per heavy atom. The van der Waals surface area contributed by atoms with Crippen molar-refractivity contribution in [3.05, 3.63) is 35.9 Å². The molecule has 0 aliphatic carbocycles. The first-order valence-corrected chi connectivity index (χ1v) is 8.39. The van der Waals surface area contributed by atoms with Gasteiger partial charge in [0.1, 0.15) is 0 Å². The zero-order valence-electron chi connectivity index (χ0n) is 14.7. The van der Waals surface area contributed by atoms with Gasteiger partial charge in [-0.2, -0.15) is 0 Å². The number of hydrogen-bond donors (Lipinski definition) is 1. The van der Waals surface area contributed by atoms with E-state index >= 15 is 0 Å². The normalized spacial score (nSPS) is 17.7. The Balaban J connectivity index is 0.00000288. The van der Waals surface area contributed by atoms with Gasteiger partial charge < -0.3 is 19.7 Å². The Labute approximate surface area is 162 Å². The molecule has 1 aliphatic rings. The fourth-order valence-corrected chi connectivity index (χ4v) is 2.85. The summed E-state index contributed by atoms with van der Waals surface area (Å²) in [6.45, 7) is 5.11. The number of benzene rings is 1. The second kappa shape index (κ2) is 12.5. The van der Waals surface area contributed by atoms with Gasteiger partial charge in [0.15, 0.2) is 5.96 Å². The summed E-state index contributed by atoms with van der Waals surface area (Å²) in [6, 6.07) is 10.5. The largest absolute Gasteiger partial charge is 0.382 e. The predicted octanol–water partition coefficient (Wildman–Crippen LogP) is 2.41. The molecule has 0 amide bonds. The molecule has 0 aromatic heterocycles. The van der Waals surface area contributed by atoms with Crippen LogP contribution < -0.4 is 5.32 Å². The highest BCUT2D eigenvalue weighted by atomic mass is 127. The lowest BCUT2D eigenvalue weighted by Gasteiger charge is -2.21. The molecule has 1 atom stereocenters. The minimum atomic E-state index is 0. The van der Waals surface area contributed by atoms with Crippen LogP contribution in [0.4, 0.5) is 0 Å². The first-order valence-electron chi connectivity index (χ1n) is 8.39. The van der Waals surface area contributed by atoms with E-state index < -0.39 is 0 Å². The summed E-state index contributed by atoms with van der Waals surface area (Å²) < 4.78 is 10.6. The molecule has 0 bridgehead atoms. The standard InChI is InChI=1S/C18H29N3O2.HI/c1-19-18(20-10-8-16-6-4-3-5-7-16)21-11-9-17(14-21)15-23-13-12-22-2;/h3-7,17H,8-15H2,1-2H3,(H,19,20);1H. The molecule has 0 radical (unpaired) electrons. The van der Waals surface area contributed by atoms with Gasteiger partial charge in [-0.25, -0.2) is 0 Å². The number of methoxy groups -OCH3 is 1. The molecule has 1 aromatic rings. The van der Waals surface area contributed by atoms with Gasteiger partial charge in [0, 0.05) is 39.7 Å². The molecule has 1 heterocycles. The minimum absolute atomic E-state index is 0. The highest BCUT2D eigenvalue weighted by Crippen LogP contribution is 2.16. The van der Waals surface area contributed by atoms with Crippen LogP contribution in [0.1, 0.15) is 12.0 Å². The maximum atomic E-state index is 5.65. The summed E-state index contributed by atoms with van der Waals surface area (Å²) in [5.74, 6) is 1.58. The second-order valence-corrected chi connectivity index (χ2v) is 5.88. The molecule has 1 aliphatic heterocycles. The Hall–Kier alpha value is -0.860. The first kappa shape index (κ1) is 21.2. The van der Waals surface area contributed by atoms with Crippen molar-refractivity contribution in [2.45, 2.75) is 12.8 Å². The molecular weight excluding hydrogens is 417 g/mol. The number of aliphatic imine (C=N–C) groups is 1. The molecule has 0 spiro atoms. The van der Waals surface area contributed by atoms with E-state index in [1.807, 2.05) is 7.05 Å². The molecule has 1 saturated heterocycles. The quantitative estimate of drug-likeness (QED) is 0.288. The number of likely N-dealkylation sites (tertiary alicyclic amines) is 1. The zero-order chi connectivity index (χ0) is 16.3. The van der Waals surface area contributed by atoms with Crippen LogP contribution in [0.5, 0.6) is 0 Å². The maximum Gasteiger partial charge on any atom is 0.193 e. The van der Waals surface area contributed by atoms with Crippen LogP contribution in [0.15, 0.2) is 35.3 Å². The molecule has 5 nitrogen and oxygen atoms in total. The van der Waals surface area contributed by atoms with Crippen LogP contribution in [0, 0.1) is 5.92 Å². The lowest BCUT2D eigenvalue weighted by molar-refractivity contribution is 0.0536. The minimum Gasteiger partial charge on any atom is -0.382 e. The second-order valence-electron chi connectivity index (χ2n) is 5.88. The van der Waals surface area contributed by atoms with Gasteiger partial charge in [-0.05, 0) is 18.4 Å². The molecule has 2 rings (SSSR count). The molecule has 24 heavy (non-hydrogen) atoms. The van der Waals surface area contributed by atoms with Crippen LogP contribution in [-0.2, 0) is 15.9 Å². The molecule has 6 heteroatoms. The monoisotopic (exact) mass is 447 g/mol. The predicted molar refractivity (Wildman–Crippen MR) is 109 cm³/mol. The van der Waals surface area contributed by atoms with Crippen molar-refractivity contribution in [2.75, 3.05) is 53.6 Å². The van der Waals surface area contributed by atoms with Crippen molar-refractivity contribution in [2.24, 2.45) is 10.9 Å². The number of rotatable bonds is 8. The summed E-state index contributed by atoms with van der Waals surface area (Å²) >= 11 is 0. The highest BCUT2D eigenvalue weighted by molar-refractivity contribution is 14.0. The summed E-state index contributed by atoms with van der Waals surface area (Å²) in [5, 5.41) is 3.47. The van der Waals surface area contributed by atoms with Gasteiger partial charge in [-0.3, -0.25) is 4.99 Å². The van der Waals surface area contributed by atoms with E-state index in [0.29, 0.717) is 19.1 Å². The lowest BCUT2D eigenvalue weighted by atomic mass is 10.1. The Bertz CT molecular complexity index is 471.